The van der Waals surface area contributed by atoms with Crippen LogP contribution in [0.5, 0.6) is 11.5 Å². The molecule has 0 radical (unpaired) electrons. The fraction of sp³-hybridized carbons (Fsp3) is 0.194. The maximum Gasteiger partial charge on any atom is 0.344 e. The Morgan fingerprint density at radius 3 is 2.48 bits per heavy atom. The molecular formula is C36H33ClN2O7S2. The van der Waals surface area contributed by atoms with E-state index in [2.05, 4.69) is 10.3 Å². The number of rotatable bonds is 15. The Balaban J connectivity index is 1.25. The highest BCUT2D eigenvalue weighted by molar-refractivity contribution is 7.91. The summed E-state index contributed by atoms with van der Waals surface area (Å²) in [6, 6.07) is 27.8. The van der Waals surface area contributed by atoms with Crippen LogP contribution in [-0.2, 0) is 32.4 Å². The number of nitrogens with zero attached hydrogens (tertiary/aromatic N) is 1. The first-order chi connectivity index (χ1) is 23.2. The fourth-order valence-electron chi connectivity index (χ4n) is 4.71. The molecule has 12 heteroatoms. The smallest absolute Gasteiger partial charge is 0.344 e. The van der Waals surface area contributed by atoms with Crippen molar-refractivity contribution in [2.45, 2.75) is 31.3 Å². The van der Waals surface area contributed by atoms with Crippen LogP contribution < -0.4 is 14.8 Å². The molecule has 1 aromatic heterocycles. The molecule has 0 unspecified atom stereocenters. The molecule has 0 aliphatic rings. The van der Waals surface area contributed by atoms with Gasteiger partial charge in [-0.05, 0) is 79.9 Å². The molecule has 0 aliphatic heterocycles. The zero-order valence-corrected chi connectivity index (χ0v) is 28.4. The zero-order valence-electron chi connectivity index (χ0n) is 26.1. The van der Waals surface area contributed by atoms with Crippen LogP contribution in [-0.4, -0.2) is 44.2 Å². The summed E-state index contributed by atoms with van der Waals surface area (Å²) in [7, 11) is -3.50. The molecule has 0 bridgehead atoms. The number of benzene rings is 4. The second kappa shape index (κ2) is 16.4. The standard InChI is InChI=1S/C36H33ClN2O7S2/c1-2-44-35(40)23-46-33-18-13-25(8-7-19-48(42,43)30-16-14-28(37)15-17-30)20-31(33)39-36(41)27-11-6-12-29(21-27)45-22-34-38-32(24-47-34)26-9-4-3-5-10-26/h3-6,9-18,20-21,24H,2,7-8,19,22-23H2,1H3,(H,39,41). The van der Waals surface area contributed by atoms with E-state index >= 15 is 0 Å². The van der Waals surface area contributed by atoms with Crippen LogP contribution in [0, 0.1) is 0 Å². The van der Waals surface area contributed by atoms with Crippen molar-refractivity contribution < 1.29 is 32.2 Å². The van der Waals surface area contributed by atoms with Crippen molar-refractivity contribution in [2.75, 3.05) is 24.3 Å². The van der Waals surface area contributed by atoms with Gasteiger partial charge < -0.3 is 19.5 Å². The SMILES string of the molecule is CCOC(=O)COc1ccc(CCCS(=O)(=O)c2ccc(Cl)cc2)cc1NC(=O)c1cccc(OCc2nc(-c3ccccc3)cs2)c1. The normalized spacial score (nSPS) is 11.1. The summed E-state index contributed by atoms with van der Waals surface area (Å²) >= 11 is 7.39. The second-order valence-electron chi connectivity index (χ2n) is 10.6. The first-order valence-electron chi connectivity index (χ1n) is 15.1. The van der Waals surface area contributed by atoms with Gasteiger partial charge in [-0.1, -0.05) is 54.1 Å². The molecule has 0 atom stereocenters. The molecule has 4 aromatic carbocycles. The number of aromatic nitrogens is 1. The van der Waals surface area contributed by atoms with Gasteiger partial charge in [-0.15, -0.1) is 11.3 Å². The van der Waals surface area contributed by atoms with Gasteiger partial charge in [0, 0.05) is 21.5 Å². The topological polar surface area (TPSA) is 121 Å². The number of anilines is 1. The number of ether oxygens (including phenoxy) is 3. The number of aryl methyl sites for hydroxylation is 1. The molecule has 48 heavy (non-hydrogen) atoms. The molecule has 0 spiro atoms. The molecule has 0 aliphatic carbocycles. The minimum Gasteiger partial charge on any atom is -0.486 e. The van der Waals surface area contributed by atoms with Gasteiger partial charge in [0.05, 0.1) is 28.6 Å². The first kappa shape index (κ1) is 34.6. The average molecular weight is 705 g/mol. The molecule has 0 saturated carbocycles. The van der Waals surface area contributed by atoms with Crippen LogP contribution in [0.15, 0.2) is 107 Å². The van der Waals surface area contributed by atoms with E-state index in [1.807, 2.05) is 35.7 Å². The molecule has 1 N–H and O–H groups in total. The maximum atomic E-state index is 13.4. The molecule has 1 heterocycles. The van der Waals surface area contributed by atoms with Crippen molar-refractivity contribution in [3.8, 4) is 22.8 Å². The predicted molar refractivity (Wildman–Crippen MR) is 187 cm³/mol. The zero-order chi connectivity index (χ0) is 33.9. The Bertz CT molecular complexity index is 1960. The summed E-state index contributed by atoms with van der Waals surface area (Å²) in [4.78, 5) is 30.2. The Hall–Kier alpha value is -4.71. The molecule has 248 valence electrons. The number of carbonyl (C=O) groups excluding carboxylic acids is 2. The van der Waals surface area contributed by atoms with E-state index in [1.165, 1.54) is 23.5 Å². The molecule has 0 saturated heterocycles. The van der Waals surface area contributed by atoms with Crippen LogP contribution in [0.3, 0.4) is 0 Å². The van der Waals surface area contributed by atoms with Gasteiger partial charge in [0.2, 0.25) is 0 Å². The lowest BCUT2D eigenvalue weighted by Gasteiger charge is -2.15. The summed E-state index contributed by atoms with van der Waals surface area (Å²) < 4.78 is 42.2. The predicted octanol–water partition coefficient (Wildman–Crippen LogP) is 7.64. The quantitative estimate of drug-likeness (QED) is 0.110. The van der Waals surface area contributed by atoms with Crippen molar-refractivity contribution >= 4 is 50.3 Å². The third-order valence-corrected chi connectivity index (χ3v) is 9.96. The summed E-state index contributed by atoms with van der Waals surface area (Å²) in [6.45, 7) is 1.80. The summed E-state index contributed by atoms with van der Waals surface area (Å²) in [6.07, 6.45) is 0.757. The number of thiazole rings is 1. The van der Waals surface area contributed by atoms with Crippen molar-refractivity contribution in [3.05, 3.63) is 124 Å². The minimum atomic E-state index is -3.50. The first-order valence-corrected chi connectivity index (χ1v) is 18.0. The third-order valence-electron chi connectivity index (χ3n) is 7.07. The summed E-state index contributed by atoms with van der Waals surface area (Å²) in [5.41, 5.74) is 3.34. The van der Waals surface area contributed by atoms with E-state index in [-0.39, 0.29) is 36.2 Å². The Morgan fingerprint density at radius 2 is 1.71 bits per heavy atom. The van der Waals surface area contributed by atoms with Crippen LogP contribution in [0.4, 0.5) is 5.69 Å². The van der Waals surface area contributed by atoms with Crippen molar-refractivity contribution in [3.63, 3.8) is 0 Å². The van der Waals surface area contributed by atoms with Crippen LogP contribution >= 0.6 is 22.9 Å². The van der Waals surface area contributed by atoms with E-state index in [0.717, 1.165) is 21.8 Å². The summed E-state index contributed by atoms with van der Waals surface area (Å²) in [5, 5.41) is 6.10. The maximum absolute atomic E-state index is 13.4. The van der Waals surface area contributed by atoms with Crippen molar-refractivity contribution in [1.82, 2.24) is 4.98 Å². The van der Waals surface area contributed by atoms with Gasteiger partial charge in [-0.2, -0.15) is 0 Å². The third kappa shape index (κ3) is 9.66. The largest absolute Gasteiger partial charge is 0.486 e. The highest BCUT2D eigenvalue weighted by Gasteiger charge is 2.17. The lowest BCUT2D eigenvalue weighted by Crippen LogP contribution is -2.17. The highest BCUT2D eigenvalue weighted by Crippen LogP contribution is 2.29. The lowest BCUT2D eigenvalue weighted by atomic mass is 10.1. The molecule has 5 rings (SSSR count). The van der Waals surface area contributed by atoms with Gasteiger partial charge >= 0.3 is 5.97 Å². The van der Waals surface area contributed by atoms with E-state index in [0.29, 0.717) is 34.9 Å². The molecule has 9 nitrogen and oxygen atoms in total. The number of nitrogens with one attached hydrogen (secondary N) is 1. The van der Waals surface area contributed by atoms with E-state index in [4.69, 9.17) is 25.8 Å². The van der Waals surface area contributed by atoms with Gasteiger partial charge in [-0.3, -0.25) is 4.79 Å². The number of carbonyl (C=O) groups is 2. The number of hydrogen-bond donors (Lipinski definition) is 1. The minimum absolute atomic E-state index is 0.0706. The lowest BCUT2D eigenvalue weighted by molar-refractivity contribution is -0.145. The van der Waals surface area contributed by atoms with Gasteiger partial charge in [0.25, 0.3) is 5.91 Å². The van der Waals surface area contributed by atoms with Crippen LogP contribution in [0.25, 0.3) is 11.3 Å². The van der Waals surface area contributed by atoms with Gasteiger partial charge in [0.1, 0.15) is 23.1 Å². The van der Waals surface area contributed by atoms with Crippen molar-refractivity contribution in [1.29, 1.82) is 0 Å². The van der Waals surface area contributed by atoms with Crippen LogP contribution in [0.2, 0.25) is 5.02 Å². The molecule has 0 fully saturated rings. The van der Waals surface area contributed by atoms with E-state index in [1.54, 1.807) is 61.5 Å². The fourth-order valence-corrected chi connectivity index (χ4v) is 6.86. The van der Waals surface area contributed by atoms with Crippen LogP contribution in [0.1, 0.15) is 34.3 Å². The Kier molecular flexibility index (Phi) is 11.8. The second-order valence-corrected chi connectivity index (χ2v) is 14.1. The van der Waals surface area contributed by atoms with Gasteiger partial charge in [0.15, 0.2) is 16.4 Å². The number of esters is 1. The summed E-state index contributed by atoms with van der Waals surface area (Å²) in [5.74, 6) is -0.289. The number of amides is 1. The molecule has 1 amide bonds. The van der Waals surface area contributed by atoms with Gasteiger partial charge in [-0.25, -0.2) is 18.2 Å². The average Bonchev–Trinajstić information content (AvgIpc) is 3.57. The Labute approximate surface area is 288 Å². The highest BCUT2D eigenvalue weighted by atomic mass is 35.5. The van der Waals surface area contributed by atoms with Crippen molar-refractivity contribution in [2.24, 2.45) is 0 Å². The number of sulfone groups is 1. The number of hydrogen-bond acceptors (Lipinski definition) is 9. The Morgan fingerprint density at radius 1 is 0.917 bits per heavy atom. The number of halogens is 1. The molecule has 5 aromatic rings. The van der Waals surface area contributed by atoms with E-state index < -0.39 is 21.7 Å². The monoisotopic (exact) mass is 704 g/mol. The van der Waals surface area contributed by atoms with E-state index in [9.17, 15) is 18.0 Å². The molecular weight excluding hydrogens is 672 g/mol.